The summed E-state index contributed by atoms with van der Waals surface area (Å²) in [6, 6.07) is 9.63. The fraction of sp³-hybridized carbons (Fsp3) is 0.533. The maximum Gasteiger partial charge on any atom is 0.498 e. The summed E-state index contributed by atoms with van der Waals surface area (Å²) in [6.07, 6.45) is -1.52. The van der Waals surface area contributed by atoms with Gasteiger partial charge in [-0.05, 0) is 70.9 Å². The highest BCUT2D eigenvalue weighted by molar-refractivity contribution is 9.10. The van der Waals surface area contributed by atoms with E-state index < -0.39 is 37.6 Å². The average Bonchev–Trinajstić information content (AvgIpc) is 3.33. The Morgan fingerprint density at radius 3 is 1.91 bits per heavy atom. The Hall–Kier alpha value is -2.97. The predicted molar refractivity (Wildman–Crippen MR) is 170 cm³/mol. The fourth-order valence-corrected chi connectivity index (χ4v) is 5.83. The summed E-state index contributed by atoms with van der Waals surface area (Å²) in [5.41, 5.74) is 2.70. The number of benzene rings is 2. The Balaban J connectivity index is 0.000000178. The maximum atomic E-state index is 11.8. The molecule has 2 atom stereocenters. The molecule has 4 heterocycles. The number of nitrogens with one attached hydrogen (secondary N) is 2. The molecule has 6 rings (SSSR count). The van der Waals surface area contributed by atoms with Crippen LogP contribution in [-0.2, 0) is 28.1 Å². The summed E-state index contributed by atoms with van der Waals surface area (Å²) in [4.78, 5) is 23.6. The van der Waals surface area contributed by atoms with Crippen LogP contribution < -0.4 is 31.0 Å². The van der Waals surface area contributed by atoms with Gasteiger partial charge in [0.2, 0.25) is 0 Å². The standard InChI is InChI=1S/C15H19BBrNO5.C15H20BNO5/c1-15(2,3)22-14(19)18-8-11-12-9(17)4-5-10-13(12)16(23-11)21-7-6-20-10;1-15(2,3)21-14(18)17-9-12-10-5-4-6-11-13(10)16(22-12)20-8-7-19-11/h4-5,11H,6-8H2,1-3H3,(H,18,19);4-6,12H,7-9H2,1-3H3,(H,17,18). The van der Waals surface area contributed by atoms with Gasteiger partial charge in [-0.2, -0.15) is 0 Å². The molecule has 0 saturated heterocycles. The zero-order valence-corrected chi connectivity index (χ0v) is 28.0. The Morgan fingerprint density at radius 1 is 0.778 bits per heavy atom. The molecule has 0 aliphatic carbocycles. The highest BCUT2D eigenvalue weighted by atomic mass is 79.9. The van der Waals surface area contributed by atoms with Crippen LogP contribution in [0, 0.1) is 0 Å². The largest absolute Gasteiger partial charge is 0.498 e. The van der Waals surface area contributed by atoms with Gasteiger partial charge >= 0.3 is 26.4 Å². The number of ether oxygens (including phenoxy) is 4. The summed E-state index contributed by atoms with van der Waals surface area (Å²) < 4.78 is 46.0. The highest BCUT2D eigenvalue weighted by Crippen LogP contribution is 2.35. The van der Waals surface area contributed by atoms with Crippen molar-refractivity contribution in [3.8, 4) is 11.5 Å². The summed E-state index contributed by atoms with van der Waals surface area (Å²) >= 11 is 3.55. The van der Waals surface area contributed by atoms with Crippen molar-refractivity contribution in [3.05, 3.63) is 45.9 Å². The molecule has 0 aromatic heterocycles. The van der Waals surface area contributed by atoms with Gasteiger partial charge in [0, 0.05) is 28.5 Å². The molecule has 2 N–H and O–H groups in total. The number of carbonyl (C=O) groups excluding carboxylic acids is 2. The molecule has 45 heavy (non-hydrogen) atoms. The van der Waals surface area contributed by atoms with E-state index >= 15 is 0 Å². The third-order valence-corrected chi connectivity index (χ3v) is 7.58. The van der Waals surface area contributed by atoms with Crippen molar-refractivity contribution in [3.63, 3.8) is 0 Å². The third kappa shape index (κ3) is 8.44. The molecule has 2 amide bonds. The van der Waals surface area contributed by atoms with Crippen LogP contribution in [-0.4, -0.2) is 77.1 Å². The van der Waals surface area contributed by atoms with E-state index in [0.717, 1.165) is 38.0 Å². The third-order valence-electron chi connectivity index (χ3n) is 6.89. The lowest BCUT2D eigenvalue weighted by molar-refractivity contribution is 0.0485. The molecular formula is C30H39B2BrN2O10. The van der Waals surface area contributed by atoms with Gasteiger partial charge in [0.05, 0.1) is 25.4 Å². The molecule has 0 radical (unpaired) electrons. The zero-order chi connectivity index (χ0) is 32.4. The first-order valence-corrected chi connectivity index (χ1v) is 15.8. The molecule has 2 aromatic carbocycles. The van der Waals surface area contributed by atoms with Gasteiger partial charge in [-0.3, -0.25) is 0 Å². The summed E-state index contributed by atoms with van der Waals surface area (Å²) in [7, 11) is -0.899. The van der Waals surface area contributed by atoms with Crippen LogP contribution in [0.4, 0.5) is 9.59 Å². The van der Waals surface area contributed by atoms with E-state index in [9.17, 15) is 9.59 Å². The van der Waals surface area contributed by atoms with Crippen LogP contribution >= 0.6 is 15.9 Å². The van der Waals surface area contributed by atoms with E-state index in [1.807, 2.05) is 71.9 Å². The SMILES string of the molecule is CC(C)(C)OC(=O)NCC1OB2OCCOc3ccc(Br)c1c32.CC(C)(C)OC(=O)NCC1OB2OCCOc3cccc1c32. The second-order valence-electron chi connectivity index (χ2n) is 12.7. The minimum atomic E-state index is -0.535. The zero-order valence-electron chi connectivity index (χ0n) is 26.4. The van der Waals surface area contributed by atoms with Gasteiger partial charge in [0.25, 0.3) is 0 Å². The second kappa shape index (κ2) is 13.8. The molecule has 242 valence electrons. The predicted octanol–water partition coefficient (Wildman–Crippen LogP) is 3.54. The van der Waals surface area contributed by atoms with Crippen LogP contribution in [0.1, 0.15) is 64.9 Å². The second-order valence-corrected chi connectivity index (χ2v) is 13.6. The molecule has 2 unspecified atom stereocenters. The Kier molecular flexibility index (Phi) is 10.2. The molecule has 0 fully saturated rings. The normalized spacial score (nSPS) is 19.8. The number of hydrogen-bond donors (Lipinski definition) is 2. The van der Waals surface area contributed by atoms with Gasteiger partial charge < -0.3 is 48.2 Å². The van der Waals surface area contributed by atoms with Crippen molar-refractivity contribution in [1.82, 2.24) is 10.6 Å². The van der Waals surface area contributed by atoms with Gasteiger partial charge in [0.1, 0.15) is 35.9 Å². The van der Waals surface area contributed by atoms with Crippen LogP contribution in [0.25, 0.3) is 0 Å². The summed E-state index contributed by atoms with van der Waals surface area (Å²) in [5, 5.41) is 5.49. The molecule has 2 aromatic rings. The van der Waals surface area contributed by atoms with E-state index in [0.29, 0.717) is 39.5 Å². The molecule has 0 bridgehead atoms. The minimum Gasteiger partial charge on any atom is -0.492 e. The van der Waals surface area contributed by atoms with Crippen LogP contribution in [0.15, 0.2) is 34.8 Å². The van der Waals surface area contributed by atoms with Crippen molar-refractivity contribution >= 4 is 53.3 Å². The van der Waals surface area contributed by atoms with Gasteiger partial charge in [-0.25, -0.2) is 9.59 Å². The Morgan fingerprint density at radius 2 is 1.31 bits per heavy atom. The van der Waals surface area contributed by atoms with Crippen molar-refractivity contribution in [2.24, 2.45) is 0 Å². The smallest absolute Gasteiger partial charge is 0.492 e. The highest BCUT2D eigenvalue weighted by Gasteiger charge is 2.43. The number of carbonyl (C=O) groups is 2. The summed E-state index contributed by atoms with van der Waals surface area (Å²) in [6.45, 7) is 13.5. The van der Waals surface area contributed by atoms with Gasteiger partial charge in [0.15, 0.2) is 0 Å². The Labute approximate surface area is 272 Å². The summed E-state index contributed by atoms with van der Waals surface area (Å²) in [5.74, 6) is 1.56. The van der Waals surface area contributed by atoms with Crippen LogP contribution in [0.2, 0.25) is 0 Å². The van der Waals surface area contributed by atoms with Crippen LogP contribution in [0.5, 0.6) is 11.5 Å². The first-order valence-electron chi connectivity index (χ1n) is 15.0. The first kappa shape index (κ1) is 33.4. The van der Waals surface area contributed by atoms with Crippen molar-refractivity contribution in [2.45, 2.75) is 65.0 Å². The molecule has 0 spiro atoms. The lowest BCUT2D eigenvalue weighted by Crippen LogP contribution is -2.35. The van der Waals surface area contributed by atoms with E-state index in [-0.39, 0.29) is 12.2 Å². The molecular weight excluding hydrogens is 650 g/mol. The van der Waals surface area contributed by atoms with E-state index in [2.05, 4.69) is 26.6 Å². The van der Waals surface area contributed by atoms with E-state index in [4.69, 9.17) is 37.6 Å². The first-order chi connectivity index (χ1) is 21.3. The molecule has 12 nitrogen and oxygen atoms in total. The van der Waals surface area contributed by atoms with Crippen molar-refractivity contribution in [2.75, 3.05) is 39.5 Å². The minimum absolute atomic E-state index is 0.269. The topological polar surface area (TPSA) is 132 Å². The average molecular weight is 689 g/mol. The lowest BCUT2D eigenvalue weighted by atomic mass is 9.78. The van der Waals surface area contributed by atoms with E-state index in [1.165, 1.54) is 0 Å². The monoisotopic (exact) mass is 688 g/mol. The lowest BCUT2D eigenvalue weighted by Gasteiger charge is -2.21. The van der Waals surface area contributed by atoms with Crippen molar-refractivity contribution in [1.29, 1.82) is 0 Å². The Bertz CT molecular complexity index is 1400. The number of amides is 2. The molecule has 4 aliphatic rings. The van der Waals surface area contributed by atoms with Crippen LogP contribution in [0.3, 0.4) is 0 Å². The molecule has 4 aliphatic heterocycles. The number of rotatable bonds is 4. The quantitative estimate of drug-likeness (QED) is 0.460. The molecule has 0 saturated carbocycles. The van der Waals surface area contributed by atoms with E-state index in [1.54, 1.807) is 0 Å². The van der Waals surface area contributed by atoms with Gasteiger partial charge in [-0.15, -0.1) is 0 Å². The number of alkyl carbamates (subject to hydrolysis) is 2. The van der Waals surface area contributed by atoms with Crippen molar-refractivity contribution < 1.29 is 47.2 Å². The number of hydrogen-bond acceptors (Lipinski definition) is 10. The molecule has 15 heteroatoms. The number of halogens is 1. The fourth-order valence-electron chi connectivity index (χ4n) is 5.23. The van der Waals surface area contributed by atoms with Gasteiger partial charge in [-0.1, -0.05) is 28.1 Å². The maximum absolute atomic E-state index is 11.8.